The van der Waals surface area contributed by atoms with Crippen molar-refractivity contribution in [3.63, 3.8) is 0 Å². The van der Waals surface area contributed by atoms with Gasteiger partial charge in [0, 0.05) is 66.3 Å². The van der Waals surface area contributed by atoms with Crippen LogP contribution in [0.5, 0.6) is 0 Å². The molecule has 0 aliphatic carbocycles. The monoisotopic (exact) mass is 590 g/mol. The van der Waals surface area contributed by atoms with E-state index in [-0.39, 0.29) is 29.8 Å². The molecule has 0 spiro atoms. The van der Waals surface area contributed by atoms with Crippen LogP contribution in [-0.2, 0) is 12.7 Å². The van der Waals surface area contributed by atoms with Gasteiger partial charge in [-0.3, -0.25) is 9.69 Å². The van der Waals surface area contributed by atoms with Crippen LogP contribution < -0.4 is 10.6 Å². The highest BCUT2D eigenvalue weighted by Gasteiger charge is 2.36. The standard InChI is InChI=1S/C31H33F3N8O/c1-19-5-8-24(13-28(19)40-30-37-10-9-27(39-30)23-14-35-18-36-15-23)38-29(43)21-6-7-22(26(12-21)31(32,33)34)16-42-17-25(41(3)4)11-20(42)2/h5-10,12-15,18,20,25H,11,16-17H2,1-4H3,(H,38,43)(H,37,39,40)/t20-,25+/m1/s1. The number of likely N-dealkylation sites (tertiary alicyclic amines) is 1. The van der Waals surface area contributed by atoms with E-state index in [9.17, 15) is 18.0 Å². The van der Waals surface area contributed by atoms with Crippen molar-refractivity contribution >= 4 is 23.2 Å². The molecule has 1 amide bonds. The number of nitrogens with zero attached hydrogens (tertiary/aromatic N) is 6. The van der Waals surface area contributed by atoms with Gasteiger partial charge in [0.15, 0.2) is 0 Å². The van der Waals surface area contributed by atoms with Gasteiger partial charge in [0.25, 0.3) is 5.91 Å². The third-order valence-corrected chi connectivity index (χ3v) is 7.72. The molecule has 0 unspecified atom stereocenters. The maximum Gasteiger partial charge on any atom is 0.416 e. The molecule has 4 aromatic rings. The summed E-state index contributed by atoms with van der Waals surface area (Å²) in [7, 11) is 3.96. The van der Waals surface area contributed by atoms with Gasteiger partial charge >= 0.3 is 6.18 Å². The van der Waals surface area contributed by atoms with Gasteiger partial charge in [-0.25, -0.2) is 19.9 Å². The van der Waals surface area contributed by atoms with Crippen LogP contribution in [0.4, 0.5) is 30.5 Å². The molecule has 2 aromatic heterocycles. The number of halogens is 3. The normalized spacial score (nSPS) is 17.3. The third kappa shape index (κ3) is 7.15. The number of amides is 1. The summed E-state index contributed by atoms with van der Waals surface area (Å²) in [5.74, 6) is -0.320. The Morgan fingerprint density at radius 2 is 1.86 bits per heavy atom. The number of likely N-dealkylation sites (N-methyl/N-ethyl adjacent to an activating group) is 1. The maximum absolute atomic E-state index is 14.2. The SMILES string of the molecule is Cc1ccc(NC(=O)c2ccc(CN3C[C@@H](N(C)C)C[C@H]3C)c(C(F)(F)F)c2)cc1Nc1nccc(-c2cncnc2)n1. The third-order valence-electron chi connectivity index (χ3n) is 7.72. The zero-order chi connectivity index (χ0) is 30.7. The largest absolute Gasteiger partial charge is 0.416 e. The van der Waals surface area contributed by atoms with E-state index >= 15 is 0 Å². The number of hydrogen-bond donors (Lipinski definition) is 2. The molecular formula is C31H33F3N8O. The quantitative estimate of drug-likeness (QED) is 0.267. The summed E-state index contributed by atoms with van der Waals surface area (Å²) in [5, 5.41) is 5.88. The van der Waals surface area contributed by atoms with Gasteiger partial charge in [-0.2, -0.15) is 13.2 Å². The van der Waals surface area contributed by atoms with E-state index < -0.39 is 17.6 Å². The Morgan fingerprint density at radius 3 is 2.56 bits per heavy atom. The molecule has 9 nitrogen and oxygen atoms in total. The molecule has 5 rings (SSSR count). The maximum atomic E-state index is 14.2. The van der Waals surface area contributed by atoms with Crippen molar-refractivity contribution in [2.75, 3.05) is 31.3 Å². The summed E-state index contributed by atoms with van der Waals surface area (Å²) in [6.45, 7) is 4.76. The van der Waals surface area contributed by atoms with Crippen LogP contribution >= 0.6 is 0 Å². The molecule has 12 heteroatoms. The summed E-state index contributed by atoms with van der Waals surface area (Å²) in [5.41, 5.74) is 2.52. The second-order valence-corrected chi connectivity index (χ2v) is 11.0. The molecule has 2 atom stereocenters. The van der Waals surface area contributed by atoms with E-state index in [2.05, 4.69) is 40.4 Å². The minimum Gasteiger partial charge on any atom is -0.324 e. The Balaban J connectivity index is 1.33. The summed E-state index contributed by atoms with van der Waals surface area (Å²) >= 11 is 0. The van der Waals surface area contributed by atoms with Gasteiger partial charge in [0.2, 0.25) is 5.95 Å². The lowest BCUT2D eigenvalue weighted by Crippen LogP contribution is -2.32. The van der Waals surface area contributed by atoms with E-state index in [1.54, 1.807) is 42.9 Å². The highest BCUT2D eigenvalue weighted by Crippen LogP contribution is 2.35. The molecule has 1 fully saturated rings. The van der Waals surface area contributed by atoms with E-state index in [1.165, 1.54) is 18.5 Å². The molecule has 1 aliphatic rings. The van der Waals surface area contributed by atoms with E-state index in [4.69, 9.17) is 0 Å². The van der Waals surface area contributed by atoms with E-state index in [1.807, 2.05) is 27.9 Å². The van der Waals surface area contributed by atoms with Gasteiger partial charge in [-0.1, -0.05) is 12.1 Å². The van der Waals surface area contributed by atoms with Gasteiger partial charge in [0.05, 0.1) is 11.3 Å². The lowest BCUT2D eigenvalue weighted by Gasteiger charge is -2.24. The van der Waals surface area contributed by atoms with Crippen LogP contribution in [0.2, 0.25) is 0 Å². The topological polar surface area (TPSA) is 99.2 Å². The highest BCUT2D eigenvalue weighted by molar-refractivity contribution is 6.04. The number of aryl methyl sites for hydroxylation is 1. The number of rotatable bonds is 8. The molecule has 1 saturated heterocycles. The van der Waals surface area contributed by atoms with E-state index in [0.29, 0.717) is 29.6 Å². The number of benzene rings is 2. The lowest BCUT2D eigenvalue weighted by molar-refractivity contribution is -0.138. The molecule has 2 aromatic carbocycles. The van der Waals surface area contributed by atoms with Crippen LogP contribution in [0.3, 0.4) is 0 Å². The minimum absolute atomic E-state index is 0.0760. The summed E-state index contributed by atoms with van der Waals surface area (Å²) in [4.78, 5) is 34.1. The number of aromatic nitrogens is 4. The van der Waals surface area contributed by atoms with Crippen LogP contribution in [0, 0.1) is 6.92 Å². The molecule has 2 N–H and O–H groups in total. The van der Waals surface area contributed by atoms with Crippen molar-refractivity contribution in [2.24, 2.45) is 0 Å². The minimum atomic E-state index is -4.60. The second kappa shape index (κ2) is 12.4. The predicted molar refractivity (Wildman–Crippen MR) is 159 cm³/mol. The van der Waals surface area contributed by atoms with Gasteiger partial charge < -0.3 is 15.5 Å². The molecular weight excluding hydrogens is 557 g/mol. The van der Waals surface area contributed by atoms with Crippen molar-refractivity contribution in [3.8, 4) is 11.3 Å². The van der Waals surface area contributed by atoms with Crippen molar-refractivity contribution in [2.45, 2.75) is 45.1 Å². The number of hydrogen-bond acceptors (Lipinski definition) is 8. The fourth-order valence-electron chi connectivity index (χ4n) is 5.17. The van der Waals surface area contributed by atoms with Gasteiger partial charge in [0.1, 0.15) is 6.33 Å². The zero-order valence-electron chi connectivity index (χ0n) is 24.4. The molecule has 0 bridgehead atoms. The van der Waals surface area contributed by atoms with Crippen molar-refractivity contribution in [1.29, 1.82) is 0 Å². The Hall–Kier alpha value is -4.42. The molecule has 3 heterocycles. The van der Waals surface area contributed by atoms with Crippen LogP contribution in [0.15, 0.2) is 67.4 Å². The Morgan fingerprint density at radius 1 is 1.09 bits per heavy atom. The fraction of sp³-hybridized carbons (Fsp3) is 0.323. The second-order valence-electron chi connectivity index (χ2n) is 11.0. The van der Waals surface area contributed by atoms with Gasteiger partial charge in [-0.05, 0) is 75.8 Å². The average Bonchev–Trinajstić information content (AvgIpc) is 3.35. The lowest BCUT2D eigenvalue weighted by atomic mass is 10.0. The number of carbonyl (C=O) groups is 1. The Bertz CT molecular complexity index is 1600. The van der Waals surface area contributed by atoms with Crippen LogP contribution in [0.1, 0.15) is 40.4 Å². The first-order chi connectivity index (χ1) is 20.5. The van der Waals surface area contributed by atoms with E-state index in [0.717, 1.165) is 23.6 Å². The zero-order valence-corrected chi connectivity index (χ0v) is 24.4. The summed E-state index contributed by atoms with van der Waals surface area (Å²) in [6, 6.07) is 11.1. The first-order valence-electron chi connectivity index (χ1n) is 13.9. The average molecular weight is 591 g/mol. The molecule has 224 valence electrons. The number of carbonyl (C=O) groups excluding carboxylic acids is 1. The van der Waals surface area contributed by atoms with Crippen LogP contribution in [0.25, 0.3) is 11.3 Å². The molecule has 43 heavy (non-hydrogen) atoms. The molecule has 0 saturated carbocycles. The molecule has 1 aliphatic heterocycles. The smallest absolute Gasteiger partial charge is 0.324 e. The summed E-state index contributed by atoms with van der Waals surface area (Å²) < 4.78 is 42.5. The molecule has 0 radical (unpaired) electrons. The number of anilines is 3. The Labute approximate surface area is 248 Å². The fourth-order valence-corrected chi connectivity index (χ4v) is 5.17. The first-order valence-corrected chi connectivity index (χ1v) is 13.9. The first kappa shape index (κ1) is 30.1. The van der Waals surface area contributed by atoms with Crippen LogP contribution in [-0.4, -0.2) is 68.4 Å². The number of nitrogens with one attached hydrogen (secondary N) is 2. The predicted octanol–water partition coefficient (Wildman–Crippen LogP) is 5.78. The highest BCUT2D eigenvalue weighted by atomic mass is 19.4. The summed E-state index contributed by atoms with van der Waals surface area (Å²) in [6.07, 6.45) is 2.61. The van der Waals surface area contributed by atoms with Crippen molar-refractivity contribution in [1.82, 2.24) is 29.7 Å². The van der Waals surface area contributed by atoms with Gasteiger partial charge in [-0.15, -0.1) is 0 Å². The Kier molecular flexibility index (Phi) is 8.69. The number of alkyl halides is 3. The van der Waals surface area contributed by atoms with Crippen molar-refractivity contribution in [3.05, 3.63) is 89.6 Å². The van der Waals surface area contributed by atoms with Crippen molar-refractivity contribution < 1.29 is 18.0 Å².